The molecule has 0 radical (unpaired) electrons. The monoisotopic (exact) mass is 698 g/mol. The summed E-state index contributed by atoms with van der Waals surface area (Å²) in [4.78, 5) is 32.1. The molecular weight excluding hydrogens is 647 g/mol. The molecule has 0 aromatic rings. The fraction of sp³-hybridized carbons (Fsp3) is 0.882. The van der Waals surface area contributed by atoms with E-state index in [0.717, 1.165) is 103 Å². The van der Waals surface area contributed by atoms with Crippen LogP contribution in [-0.4, -0.2) is 52.4 Å². The maximum atomic E-state index is 15.0. The third-order valence-corrected chi connectivity index (χ3v) is 14.0. The topological polar surface area (TPSA) is 69.6 Å². The molecule has 0 spiro atoms. The molecule has 2 amide bonds. The van der Waals surface area contributed by atoms with Gasteiger partial charge in [-0.25, -0.2) is 0 Å². The molecule has 41 heavy (non-hydrogen) atoms. The lowest BCUT2D eigenvalue weighted by atomic mass is 9.51. The lowest BCUT2D eigenvalue weighted by Gasteiger charge is -2.60. The summed E-state index contributed by atoms with van der Waals surface area (Å²) in [6, 6.07) is 0.236. The van der Waals surface area contributed by atoms with Crippen LogP contribution in [-0.2, 0) is 9.59 Å². The number of carbonyl (C=O) groups excluding carboxylic acids is 2. The highest BCUT2D eigenvalue weighted by Gasteiger charge is 2.64. The number of aliphatic hydroxyl groups is 1. The van der Waals surface area contributed by atoms with Gasteiger partial charge in [-0.1, -0.05) is 31.3 Å². The summed E-state index contributed by atoms with van der Waals surface area (Å²) in [7, 11) is 0. The zero-order chi connectivity index (χ0) is 28.6. The first-order valence-corrected chi connectivity index (χ1v) is 18.7. The first-order valence-electron chi connectivity index (χ1n) is 17.1. The Bertz CT molecular complexity index is 992. The molecule has 1 saturated heterocycles. The zero-order valence-corrected chi connectivity index (χ0v) is 27.8. The van der Waals surface area contributed by atoms with E-state index in [4.69, 9.17) is 11.6 Å². The molecule has 6 atom stereocenters. The summed E-state index contributed by atoms with van der Waals surface area (Å²) in [5.74, 6) is 1.63. The Morgan fingerprint density at radius 2 is 1.63 bits per heavy atom. The van der Waals surface area contributed by atoms with Crippen molar-refractivity contribution in [2.24, 2.45) is 35.0 Å². The van der Waals surface area contributed by atoms with Gasteiger partial charge in [-0.05, 0) is 146 Å². The minimum absolute atomic E-state index is 0.0436. The molecule has 230 valence electrons. The van der Waals surface area contributed by atoms with Gasteiger partial charge in [0.05, 0.1) is 5.41 Å². The Balaban J connectivity index is 1.47. The van der Waals surface area contributed by atoms with Crippen molar-refractivity contribution in [1.29, 1.82) is 0 Å². The fourth-order valence-electron chi connectivity index (χ4n) is 9.71. The molecule has 7 heteroatoms. The van der Waals surface area contributed by atoms with Crippen molar-refractivity contribution in [3.05, 3.63) is 9.15 Å². The van der Waals surface area contributed by atoms with E-state index in [-0.39, 0.29) is 35.8 Å². The average Bonchev–Trinajstić information content (AvgIpc) is 3.82. The van der Waals surface area contributed by atoms with Gasteiger partial charge in [0.25, 0.3) is 0 Å². The first kappa shape index (κ1) is 30.7. The molecule has 0 bridgehead atoms. The van der Waals surface area contributed by atoms with Crippen molar-refractivity contribution < 1.29 is 14.7 Å². The van der Waals surface area contributed by atoms with Crippen LogP contribution in [0.15, 0.2) is 9.15 Å². The Morgan fingerprint density at radius 3 is 2.34 bits per heavy atom. The molecule has 1 heterocycles. The molecule has 4 saturated carbocycles. The smallest absolute Gasteiger partial charge is 0.229 e. The number of carbonyl (C=O) groups is 2. The van der Waals surface area contributed by atoms with Crippen molar-refractivity contribution in [3.8, 4) is 0 Å². The number of hydrogen-bond donors (Lipinski definition) is 2. The number of piperidine rings is 1. The van der Waals surface area contributed by atoms with E-state index in [1.807, 2.05) is 0 Å². The molecule has 4 unspecified atom stereocenters. The molecule has 5 aliphatic carbocycles. The number of alkyl halides is 1. The predicted molar refractivity (Wildman–Crippen MR) is 173 cm³/mol. The van der Waals surface area contributed by atoms with Gasteiger partial charge in [0.15, 0.2) is 0 Å². The Kier molecular flexibility index (Phi) is 9.98. The highest BCUT2D eigenvalue weighted by atomic mass is 127. The normalized spacial score (nSPS) is 40.3. The van der Waals surface area contributed by atoms with Crippen LogP contribution in [0.3, 0.4) is 0 Å². The second-order valence-corrected chi connectivity index (χ2v) is 16.5. The number of hydrogen-bond acceptors (Lipinski definition) is 3. The van der Waals surface area contributed by atoms with Crippen molar-refractivity contribution in [3.63, 3.8) is 0 Å². The third kappa shape index (κ3) is 6.28. The van der Waals surface area contributed by atoms with Gasteiger partial charge < -0.3 is 15.3 Å². The molecule has 5 nitrogen and oxygen atoms in total. The van der Waals surface area contributed by atoms with E-state index >= 15 is 4.79 Å². The summed E-state index contributed by atoms with van der Waals surface area (Å²) in [6.45, 7) is 0.967. The number of likely N-dealkylation sites (tertiary alicyclic amines) is 1. The zero-order valence-electron chi connectivity index (χ0n) is 24.9. The number of nitrogens with one attached hydrogen (secondary N) is 1. The number of rotatable bonds is 8. The molecule has 6 rings (SSSR count). The number of aliphatic hydroxyl groups excluding tert-OH is 1. The van der Waals surface area contributed by atoms with Crippen LogP contribution in [0.2, 0.25) is 0 Å². The molecule has 2 N–H and O–H groups in total. The van der Waals surface area contributed by atoms with E-state index < -0.39 is 5.41 Å². The van der Waals surface area contributed by atoms with Crippen molar-refractivity contribution in [2.75, 3.05) is 13.2 Å². The van der Waals surface area contributed by atoms with Gasteiger partial charge in [-0.15, -0.1) is 11.6 Å². The highest BCUT2D eigenvalue weighted by Crippen LogP contribution is 2.58. The van der Waals surface area contributed by atoms with E-state index in [9.17, 15) is 9.90 Å². The van der Waals surface area contributed by atoms with Crippen molar-refractivity contribution in [1.82, 2.24) is 10.2 Å². The van der Waals surface area contributed by atoms with Gasteiger partial charge in [-0.3, -0.25) is 9.59 Å². The van der Waals surface area contributed by atoms with E-state index in [1.165, 1.54) is 34.8 Å². The molecule has 5 fully saturated rings. The molecule has 1 aliphatic heterocycles. The quantitative estimate of drug-likeness (QED) is 0.204. The van der Waals surface area contributed by atoms with Gasteiger partial charge in [-0.2, -0.15) is 0 Å². The van der Waals surface area contributed by atoms with E-state index in [2.05, 4.69) is 32.8 Å². The second-order valence-electron chi connectivity index (χ2n) is 14.6. The van der Waals surface area contributed by atoms with Gasteiger partial charge in [0.1, 0.15) is 0 Å². The predicted octanol–water partition coefficient (Wildman–Crippen LogP) is 7.52. The Morgan fingerprint density at radius 1 is 0.927 bits per heavy atom. The van der Waals surface area contributed by atoms with E-state index in [1.54, 1.807) is 0 Å². The first-order chi connectivity index (χ1) is 19.9. The van der Waals surface area contributed by atoms with Crippen molar-refractivity contribution in [2.45, 2.75) is 139 Å². The SMILES string of the molecule is O=C1C2CCCCC2[C@](CC2=C(I)CCCC2)(C(=O)NC2CC2)[C@H](C2CCC(CO)CC2)N1CC1CCCCC1Cl. The lowest BCUT2D eigenvalue weighted by molar-refractivity contribution is -0.178. The maximum absolute atomic E-state index is 15.0. The number of fused-ring (bicyclic) bond motifs is 1. The summed E-state index contributed by atoms with van der Waals surface area (Å²) >= 11 is 9.57. The Labute approximate surface area is 266 Å². The summed E-state index contributed by atoms with van der Waals surface area (Å²) in [5, 5.41) is 13.7. The standard InChI is InChI=1S/C34H52ClIN2O3/c35-29-11-5-1-8-25(29)20-38-31(23-15-13-22(21-39)14-16-23)34(33(41)37-26-17-18-26,19-24-7-2-6-12-30(24)36)28-10-4-3-9-27(28)32(38)40/h22-23,25-29,31,39H,1-21H2,(H,37,41)/t22?,23?,25?,27?,28?,29?,31-,34-/m0/s1. The van der Waals surface area contributed by atoms with Gasteiger partial charge in [0, 0.05) is 36.5 Å². The summed E-state index contributed by atoms with van der Waals surface area (Å²) in [5.41, 5.74) is 0.932. The second kappa shape index (κ2) is 13.3. The summed E-state index contributed by atoms with van der Waals surface area (Å²) < 4.78 is 1.47. The molecule has 0 aromatic carbocycles. The maximum Gasteiger partial charge on any atom is 0.229 e. The molecule has 6 aliphatic rings. The van der Waals surface area contributed by atoms with Crippen LogP contribution in [0.25, 0.3) is 0 Å². The third-order valence-electron chi connectivity index (χ3n) is 12.1. The van der Waals surface area contributed by atoms with Gasteiger partial charge in [0.2, 0.25) is 11.8 Å². The van der Waals surface area contributed by atoms with Crippen LogP contribution in [0, 0.1) is 35.0 Å². The molecule has 0 aromatic heterocycles. The van der Waals surface area contributed by atoms with E-state index in [0.29, 0.717) is 29.7 Å². The molecular formula is C34H52ClIN2O3. The minimum Gasteiger partial charge on any atom is -0.396 e. The number of nitrogens with zero attached hydrogens (tertiary/aromatic N) is 1. The minimum atomic E-state index is -0.572. The van der Waals surface area contributed by atoms with Crippen LogP contribution >= 0.6 is 34.2 Å². The fourth-order valence-corrected chi connectivity index (χ4v) is 10.9. The van der Waals surface area contributed by atoms with Crippen molar-refractivity contribution >= 4 is 46.0 Å². The van der Waals surface area contributed by atoms with Crippen LogP contribution in [0.5, 0.6) is 0 Å². The van der Waals surface area contributed by atoms with Crippen LogP contribution in [0.1, 0.15) is 122 Å². The average molecular weight is 699 g/mol. The lowest BCUT2D eigenvalue weighted by Crippen LogP contribution is -2.70. The number of amides is 2. The number of allylic oxidation sites excluding steroid dienone is 2. The number of halogens is 2. The van der Waals surface area contributed by atoms with Crippen LogP contribution < -0.4 is 5.32 Å². The Hall–Kier alpha value is -0.340. The summed E-state index contributed by atoms with van der Waals surface area (Å²) in [6.07, 6.45) is 20.3. The largest absolute Gasteiger partial charge is 0.396 e. The van der Waals surface area contributed by atoms with Gasteiger partial charge >= 0.3 is 0 Å². The highest BCUT2D eigenvalue weighted by molar-refractivity contribution is 14.1. The van der Waals surface area contributed by atoms with Crippen LogP contribution in [0.4, 0.5) is 0 Å².